The van der Waals surface area contributed by atoms with Gasteiger partial charge < -0.3 is 20.5 Å². The van der Waals surface area contributed by atoms with Crippen molar-refractivity contribution in [3.8, 4) is 11.5 Å². The molecule has 0 spiro atoms. The van der Waals surface area contributed by atoms with E-state index in [2.05, 4.69) is 20.9 Å². The van der Waals surface area contributed by atoms with Crippen molar-refractivity contribution >= 4 is 45.3 Å². The third-order valence-electron chi connectivity index (χ3n) is 6.49. The Balaban J connectivity index is 1.51. The number of ether oxygens (including phenoxy) is 1. The number of anilines is 2. The van der Waals surface area contributed by atoms with Gasteiger partial charge in [-0.05, 0) is 61.7 Å². The molecule has 0 aliphatic heterocycles. The molecule has 0 unspecified atom stereocenters. The summed E-state index contributed by atoms with van der Waals surface area (Å²) in [4.78, 5) is 25.9. The van der Waals surface area contributed by atoms with Gasteiger partial charge in [-0.25, -0.2) is 0 Å². The smallest absolute Gasteiger partial charge is 0.259 e. The van der Waals surface area contributed by atoms with Crippen LogP contribution >= 0.6 is 0 Å². The van der Waals surface area contributed by atoms with E-state index in [1.807, 2.05) is 56.3 Å². The molecule has 0 bridgehead atoms. The fraction of sp³-hybridized carbons (Fsp3) is 0.0909. The molecule has 2 amide bonds. The number of carbonyl (C=O) groups is 2. The predicted molar refractivity (Wildman–Crippen MR) is 161 cm³/mol. The van der Waals surface area contributed by atoms with E-state index < -0.39 is 5.91 Å². The largest absolute Gasteiger partial charge is 0.505 e. The molecule has 0 heterocycles. The zero-order chi connectivity index (χ0) is 28.8. The van der Waals surface area contributed by atoms with Gasteiger partial charge in [0.1, 0.15) is 11.4 Å². The molecule has 5 aromatic rings. The summed E-state index contributed by atoms with van der Waals surface area (Å²) in [6.07, 6.45) is 0. The van der Waals surface area contributed by atoms with Crippen molar-refractivity contribution in [3.63, 3.8) is 0 Å². The highest BCUT2D eigenvalue weighted by molar-refractivity contribution is 6.11. The van der Waals surface area contributed by atoms with Crippen LogP contribution in [0.25, 0.3) is 10.8 Å². The molecule has 0 radical (unpaired) electrons. The van der Waals surface area contributed by atoms with Crippen LogP contribution in [-0.4, -0.2) is 23.5 Å². The molecule has 0 aromatic heterocycles. The number of fused-ring (bicyclic) bond motifs is 1. The summed E-state index contributed by atoms with van der Waals surface area (Å²) in [6.45, 7) is 4.04. The normalized spacial score (nSPS) is 11.0. The van der Waals surface area contributed by atoms with E-state index in [1.165, 1.54) is 0 Å². The quantitative estimate of drug-likeness (QED) is 0.171. The van der Waals surface area contributed by atoms with Gasteiger partial charge in [0.25, 0.3) is 11.8 Å². The van der Waals surface area contributed by atoms with Crippen LogP contribution in [-0.2, 0) is 0 Å². The van der Waals surface area contributed by atoms with Crippen LogP contribution in [0.3, 0.4) is 0 Å². The van der Waals surface area contributed by atoms with E-state index in [9.17, 15) is 14.7 Å². The number of rotatable bonds is 8. The molecule has 5 aromatic carbocycles. The van der Waals surface area contributed by atoms with Gasteiger partial charge in [0.2, 0.25) is 0 Å². The van der Waals surface area contributed by atoms with Crippen LogP contribution in [0.5, 0.6) is 11.5 Å². The Morgan fingerprint density at radius 2 is 1.49 bits per heavy atom. The number of carbonyl (C=O) groups excluding carboxylic acids is 2. The van der Waals surface area contributed by atoms with Gasteiger partial charge in [0.15, 0.2) is 11.5 Å². The van der Waals surface area contributed by atoms with Gasteiger partial charge in [0.05, 0.1) is 12.2 Å². The molecule has 0 aliphatic carbocycles. The maximum atomic E-state index is 13.1. The highest BCUT2D eigenvalue weighted by Gasteiger charge is 2.19. The molecule has 8 nitrogen and oxygen atoms in total. The van der Waals surface area contributed by atoms with Crippen molar-refractivity contribution < 1.29 is 19.4 Å². The van der Waals surface area contributed by atoms with Crippen LogP contribution < -0.4 is 15.4 Å². The first-order chi connectivity index (χ1) is 20.0. The van der Waals surface area contributed by atoms with E-state index in [0.717, 1.165) is 5.39 Å². The fourth-order valence-electron chi connectivity index (χ4n) is 4.42. The van der Waals surface area contributed by atoms with E-state index >= 15 is 0 Å². The first-order valence-corrected chi connectivity index (χ1v) is 13.1. The zero-order valence-electron chi connectivity index (χ0n) is 22.6. The van der Waals surface area contributed by atoms with E-state index in [0.29, 0.717) is 45.9 Å². The Hall–Kier alpha value is -5.50. The highest BCUT2D eigenvalue weighted by atomic mass is 16.5. The number of nitrogens with zero attached hydrogens (tertiary/aromatic N) is 2. The molecule has 204 valence electrons. The maximum absolute atomic E-state index is 13.1. The number of benzene rings is 5. The second-order valence-corrected chi connectivity index (χ2v) is 9.20. The van der Waals surface area contributed by atoms with E-state index in [4.69, 9.17) is 4.74 Å². The molecule has 0 fully saturated rings. The first-order valence-electron chi connectivity index (χ1n) is 13.1. The van der Waals surface area contributed by atoms with Crippen LogP contribution in [0.2, 0.25) is 0 Å². The summed E-state index contributed by atoms with van der Waals surface area (Å²) in [6, 6.07) is 30.3. The number of azo groups is 1. The predicted octanol–water partition coefficient (Wildman–Crippen LogP) is 8.17. The molecule has 3 N–H and O–H groups in total. The zero-order valence-corrected chi connectivity index (χ0v) is 22.6. The van der Waals surface area contributed by atoms with Gasteiger partial charge in [-0.1, -0.05) is 60.7 Å². The van der Waals surface area contributed by atoms with Crippen molar-refractivity contribution in [1.82, 2.24) is 0 Å². The van der Waals surface area contributed by atoms with E-state index in [-0.39, 0.29) is 22.9 Å². The average molecular weight is 545 g/mol. The minimum atomic E-state index is -0.472. The Morgan fingerprint density at radius 1 is 0.805 bits per heavy atom. The molecular formula is C33H28N4O4. The topological polar surface area (TPSA) is 112 Å². The molecule has 0 aliphatic rings. The Morgan fingerprint density at radius 3 is 2.22 bits per heavy atom. The third-order valence-corrected chi connectivity index (χ3v) is 6.49. The van der Waals surface area contributed by atoms with Gasteiger partial charge in [0, 0.05) is 27.9 Å². The van der Waals surface area contributed by atoms with Crippen LogP contribution in [0.4, 0.5) is 22.7 Å². The Bertz CT molecular complexity index is 1750. The number of nitrogens with one attached hydrogen (secondary N) is 2. The van der Waals surface area contributed by atoms with Gasteiger partial charge in [-0.15, -0.1) is 10.2 Å². The molecule has 8 heteroatoms. The van der Waals surface area contributed by atoms with Crippen molar-refractivity contribution in [2.24, 2.45) is 10.2 Å². The molecule has 41 heavy (non-hydrogen) atoms. The summed E-state index contributed by atoms with van der Waals surface area (Å²) in [5.74, 6) is -0.557. The number of aromatic hydroxyl groups is 1. The average Bonchev–Trinajstić information content (AvgIpc) is 3.00. The summed E-state index contributed by atoms with van der Waals surface area (Å²) in [7, 11) is 0. The lowest BCUT2D eigenvalue weighted by atomic mass is 10.0. The second-order valence-electron chi connectivity index (χ2n) is 9.20. The van der Waals surface area contributed by atoms with Gasteiger partial charge >= 0.3 is 0 Å². The summed E-state index contributed by atoms with van der Waals surface area (Å²) in [5, 5.41) is 27.1. The number of phenolic OH excluding ortho intramolecular Hbond substituents is 1. The minimum Gasteiger partial charge on any atom is -0.505 e. The lowest BCUT2D eigenvalue weighted by Gasteiger charge is -2.15. The number of amides is 2. The monoisotopic (exact) mass is 544 g/mol. The van der Waals surface area contributed by atoms with Crippen molar-refractivity contribution in [3.05, 3.63) is 120 Å². The maximum Gasteiger partial charge on any atom is 0.259 e. The molecule has 0 saturated carbocycles. The van der Waals surface area contributed by atoms with Crippen molar-refractivity contribution in [2.75, 3.05) is 17.2 Å². The number of hydrogen-bond acceptors (Lipinski definition) is 6. The second kappa shape index (κ2) is 12.1. The van der Waals surface area contributed by atoms with Gasteiger partial charge in [-0.2, -0.15) is 0 Å². The Kier molecular flexibility index (Phi) is 8.01. The first kappa shape index (κ1) is 27.1. The lowest BCUT2D eigenvalue weighted by molar-refractivity contribution is 0.101. The minimum absolute atomic E-state index is 0.0710. The molecule has 0 saturated heterocycles. The van der Waals surface area contributed by atoms with E-state index in [1.54, 1.807) is 60.7 Å². The van der Waals surface area contributed by atoms with Crippen LogP contribution in [0.1, 0.15) is 33.2 Å². The Labute approximate surface area is 237 Å². The van der Waals surface area contributed by atoms with Crippen molar-refractivity contribution in [2.45, 2.75) is 13.8 Å². The number of para-hydroxylation sites is 1. The van der Waals surface area contributed by atoms with Crippen molar-refractivity contribution in [1.29, 1.82) is 0 Å². The molecule has 0 atom stereocenters. The highest BCUT2D eigenvalue weighted by Crippen LogP contribution is 2.42. The third kappa shape index (κ3) is 5.91. The lowest BCUT2D eigenvalue weighted by Crippen LogP contribution is -2.13. The summed E-state index contributed by atoms with van der Waals surface area (Å²) < 4.78 is 5.90. The summed E-state index contributed by atoms with van der Waals surface area (Å²) >= 11 is 0. The standard InChI is InChI=1S/C33H28N4O4/c1-3-41-31-21(2)27(35-32(39)22-12-6-4-7-13-22)18-19-28(31)36-37-29-25-17-11-10-14-23(25)20-26(30(29)38)33(40)34-24-15-8-5-9-16-24/h4-20,38H,3H2,1-2H3,(H,34,40)(H,35,39). The van der Waals surface area contributed by atoms with Crippen LogP contribution in [0, 0.1) is 6.92 Å². The number of phenols is 1. The molecule has 5 rings (SSSR count). The SMILES string of the molecule is CCOc1c(N=Nc2c(O)c(C(=O)Nc3ccccc3)cc3ccccc23)ccc(NC(=O)c2ccccc2)c1C. The number of hydrogen-bond donors (Lipinski definition) is 3. The van der Waals surface area contributed by atoms with Crippen LogP contribution in [0.15, 0.2) is 113 Å². The van der Waals surface area contributed by atoms with Gasteiger partial charge in [-0.3, -0.25) is 9.59 Å². The molecular weight excluding hydrogens is 516 g/mol. The fourth-order valence-corrected chi connectivity index (χ4v) is 4.42. The summed E-state index contributed by atoms with van der Waals surface area (Å²) in [5.41, 5.74) is 3.03.